The van der Waals surface area contributed by atoms with Gasteiger partial charge < -0.3 is 19.5 Å². The van der Waals surface area contributed by atoms with Crippen LogP contribution < -0.4 is 14.8 Å². The van der Waals surface area contributed by atoms with Crippen molar-refractivity contribution in [2.45, 2.75) is 52.2 Å². The van der Waals surface area contributed by atoms with Gasteiger partial charge in [-0.3, -0.25) is 20.2 Å². The summed E-state index contributed by atoms with van der Waals surface area (Å²) in [5, 5.41) is 24.6. The first-order valence-electron chi connectivity index (χ1n) is 10.8. The number of nitro benzene ring substituents is 2. The summed E-state index contributed by atoms with van der Waals surface area (Å²) >= 11 is 0. The van der Waals surface area contributed by atoms with E-state index in [1.807, 2.05) is 6.92 Å². The highest BCUT2D eigenvalue weighted by atomic mass is 16.6. The summed E-state index contributed by atoms with van der Waals surface area (Å²) < 4.78 is 16.0. The Morgan fingerprint density at radius 3 is 2.23 bits per heavy atom. The van der Waals surface area contributed by atoms with E-state index in [1.165, 1.54) is 42.5 Å². The predicted molar refractivity (Wildman–Crippen MR) is 124 cm³/mol. The molecule has 0 aliphatic rings. The van der Waals surface area contributed by atoms with E-state index >= 15 is 0 Å². The Bertz CT molecular complexity index is 1080. The highest BCUT2D eigenvalue weighted by Crippen LogP contribution is 2.29. The van der Waals surface area contributed by atoms with Crippen LogP contribution in [0.2, 0.25) is 0 Å². The zero-order chi connectivity index (χ0) is 26.2. The zero-order valence-corrected chi connectivity index (χ0v) is 19.8. The molecule has 0 saturated carbocycles. The van der Waals surface area contributed by atoms with Crippen LogP contribution in [0.25, 0.3) is 0 Å². The Morgan fingerprint density at radius 2 is 1.69 bits per heavy atom. The predicted octanol–water partition coefficient (Wildman–Crippen LogP) is 4.33. The highest BCUT2D eigenvalue weighted by molar-refractivity contribution is 5.83. The van der Waals surface area contributed by atoms with E-state index in [2.05, 4.69) is 5.32 Å². The van der Waals surface area contributed by atoms with E-state index < -0.39 is 33.6 Å². The molecular formula is C23H27N3O9. The van der Waals surface area contributed by atoms with Crippen LogP contribution in [0, 0.1) is 20.2 Å². The van der Waals surface area contributed by atoms with Crippen LogP contribution >= 0.6 is 0 Å². The molecule has 0 radical (unpaired) electrons. The third-order valence-corrected chi connectivity index (χ3v) is 4.36. The fraction of sp³-hybridized carbons (Fsp3) is 0.391. The molecule has 0 unspecified atom stereocenters. The number of nitrogens with zero attached hydrogens (tertiary/aromatic N) is 2. The van der Waals surface area contributed by atoms with Crippen LogP contribution in [0.15, 0.2) is 42.5 Å². The van der Waals surface area contributed by atoms with Crippen LogP contribution in [-0.2, 0) is 16.0 Å². The van der Waals surface area contributed by atoms with Crippen LogP contribution in [0.5, 0.6) is 11.5 Å². The average molecular weight is 489 g/mol. The quantitative estimate of drug-likeness (QED) is 0.222. The summed E-state index contributed by atoms with van der Waals surface area (Å²) in [5.41, 5.74) is -0.778. The highest BCUT2D eigenvalue weighted by Gasteiger charge is 2.27. The molecule has 0 bridgehead atoms. The molecule has 0 heterocycles. The summed E-state index contributed by atoms with van der Waals surface area (Å²) in [4.78, 5) is 46.2. The van der Waals surface area contributed by atoms with E-state index in [0.29, 0.717) is 12.0 Å². The molecule has 12 heteroatoms. The van der Waals surface area contributed by atoms with Crippen molar-refractivity contribution in [3.8, 4) is 11.5 Å². The fourth-order valence-electron chi connectivity index (χ4n) is 2.87. The van der Waals surface area contributed by atoms with Crippen molar-refractivity contribution in [2.75, 3.05) is 6.61 Å². The fourth-order valence-corrected chi connectivity index (χ4v) is 2.87. The molecule has 0 aliphatic heterocycles. The molecule has 188 valence electrons. The first-order chi connectivity index (χ1) is 16.4. The van der Waals surface area contributed by atoms with E-state index in [9.17, 15) is 29.8 Å². The van der Waals surface area contributed by atoms with Gasteiger partial charge in [-0.2, -0.15) is 0 Å². The minimum atomic E-state index is -1.24. The molecule has 0 saturated heterocycles. The number of nitro groups is 2. The lowest BCUT2D eigenvalue weighted by Gasteiger charge is -2.23. The van der Waals surface area contributed by atoms with Gasteiger partial charge in [0.25, 0.3) is 5.69 Å². The number of esters is 1. The van der Waals surface area contributed by atoms with Crippen molar-refractivity contribution in [3.63, 3.8) is 0 Å². The van der Waals surface area contributed by atoms with Crippen LogP contribution in [0.4, 0.5) is 16.2 Å². The van der Waals surface area contributed by atoms with Crippen LogP contribution in [0.3, 0.4) is 0 Å². The maximum Gasteiger partial charge on any atom is 0.408 e. The Morgan fingerprint density at radius 1 is 1.03 bits per heavy atom. The van der Waals surface area contributed by atoms with Gasteiger partial charge in [0.15, 0.2) is 5.75 Å². The Hall–Kier alpha value is -4.22. The normalized spacial score (nSPS) is 11.8. The molecule has 2 aromatic carbocycles. The van der Waals surface area contributed by atoms with Gasteiger partial charge in [-0.15, -0.1) is 0 Å². The van der Waals surface area contributed by atoms with E-state index in [-0.39, 0.29) is 35.9 Å². The SMILES string of the molecule is CCCOc1cc(C[C@H](NC(=O)OC(C)(C)C)C(=O)Oc2ccc([N+](=O)[O-])cc2)ccc1[N+](=O)[O-]. The maximum atomic E-state index is 12.9. The minimum absolute atomic E-state index is 0.0345. The van der Waals surface area contributed by atoms with Crippen molar-refractivity contribution < 1.29 is 33.6 Å². The molecule has 0 fully saturated rings. The standard InChI is InChI=1S/C23H27N3O9/c1-5-12-33-20-14-15(6-11-19(20)26(31)32)13-18(24-22(28)35-23(2,3)4)21(27)34-17-9-7-16(8-10-17)25(29)30/h6-11,14,18H,5,12-13H2,1-4H3,(H,24,28)/t18-/m0/s1. The topological polar surface area (TPSA) is 160 Å². The van der Waals surface area contributed by atoms with Gasteiger partial charge in [0.1, 0.15) is 17.4 Å². The molecule has 1 atom stereocenters. The number of hydrogen-bond donors (Lipinski definition) is 1. The van der Waals surface area contributed by atoms with Crippen LogP contribution in [-0.4, -0.2) is 40.2 Å². The van der Waals surface area contributed by atoms with Gasteiger partial charge in [-0.25, -0.2) is 9.59 Å². The van der Waals surface area contributed by atoms with Crippen molar-refractivity contribution >= 4 is 23.4 Å². The van der Waals surface area contributed by atoms with E-state index in [1.54, 1.807) is 20.8 Å². The summed E-state index contributed by atoms with van der Waals surface area (Å²) in [6, 6.07) is 7.75. The number of non-ortho nitro benzene ring substituents is 1. The van der Waals surface area contributed by atoms with Gasteiger partial charge in [0, 0.05) is 24.6 Å². The molecule has 0 aromatic heterocycles. The lowest BCUT2D eigenvalue weighted by atomic mass is 10.0. The molecule has 2 rings (SSSR count). The van der Waals surface area contributed by atoms with Gasteiger partial charge in [-0.1, -0.05) is 13.0 Å². The number of rotatable bonds is 10. The third-order valence-electron chi connectivity index (χ3n) is 4.36. The first kappa shape index (κ1) is 27.0. The molecular weight excluding hydrogens is 462 g/mol. The van der Waals surface area contributed by atoms with Gasteiger partial charge >= 0.3 is 17.7 Å². The van der Waals surface area contributed by atoms with E-state index in [0.717, 1.165) is 0 Å². The second kappa shape index (κ2) is 11.8. The van der Waals surface area contributed by atoms with Crippen molar-refractivity contribution in [1.82, 2.24) is 5.32 Å². The van der Waals surface area contributed by atoms with Crippen molar-refractivity contribution in [3.05, 3.63) is 68.3 Å². The summed E-state index contributed by atoms with van der Waals surface area (Å²) in [5.74, 6) is -0.791. The molecule has 12 nitrogen and oxygen atoms in total. The van der Waals surface area contributed by atoms with Gasteiger partial charge in [0.2, 0.25) is 0 Å². The lowest BCUT2D eigenvalue weighted by molar-refractivity contribution is -0.385. The van der Waals surface area contributed by atoms with Gasteiger partial charge in [0.05, 0.1) is 16.5 Å². The van der Waals surface area contributed by atoms with Crippen LogP contribution in [0.1, 0.15) is 39.7 Å². The second-order valence-corrected chi connectivity index (χ2v) is 8.48. The van der Waals surface area contributed by atoms with E-state index in [4.69, 9.17) is 14.2 Å². The largest absolute Gasteiger partial charge is 0.487 e. The Balaban J connectivity index is 2.29. The Labute approximate surface area is 201 Å². The summed E-state index contributed by atoms with van der Waals surface area (Å²) in [7, 11) is 0. The minimum Gasteiger partial charge on any atom is -0.487 e. The summed E-state index contributed by atoms with van der Waals surface area (Å²) in [6.07, 6.45) is -0.329. The Kier molecular flexibility index (Phi) is 9.09. The first-order valence-corrected chi connectivity index (χ1v) is 10.8. The van der Waals surface area contributed by atoms with Gasteiger partial charge in [-0.05, 0) is 51.0 Å². The monoisotopic (exact) mass is 489 g/mol. The molecule has 1 amide bonds. The van der Waals surface area contributed by atoms with Crippen molar-refractivity contribution in [1.29, 1.82) is 0 Å². The number of nitrogens with one attached hydrogen (secondary N) is 1. The number of benzene rings is 2. The molecule has 35 heavy (non-hydrogen) atoms. The zero-order valence-electron chi connectivity index (χ0n) is 19.8. The lowest BCUT2D eigenvalue weighted by Crippen LogP contribution is -2.46. The molecule has 1 N–H and O–H groups in total. The van der Waals surface area contributed by atoms with Crippen molar-refractivity contribution in [2.24, 2.45) is 0 Å². The summed E-state index contributed by atoms with van der Waals surface area (Å²) in [6.45, 7) is 7.08. The smallest absolute Gasteiger partial charge is 0.408 e. The molecule has 0 spiro atoms. The number of amides is 1. The molecule has 0 aliphatic carbocycles. The number of carbonyl (C=O) groups is 2. The second-order valence-electron chi connectivity index (χ2n) is 8.48. The number of hydrogen-bond acceptors (Lipinski definition) is 9. The third kappa shape index (κ3) is 8.57. The maximum absolute atomic E-state index is 12.9. The molecule has 2 aromatic rings. The number of alkyl carbamates (subject to hydrolysis) is 1. The number of ether oxygens (including phenoxy) is 3. The average Bonchev–Trinajstić information content (AvgIpc) is 2.76. The number of carbonyl (C=O) groups excluding carboxylic acids is 2.